The number of carbonyl (C=O) groups excluding carboxylic acids is 1. The van der Waals surface area contributed by atoms with Gasteiger partial charge in [-0.15, -0.1) is 11.3 Å². The van der Waals surface area contributed by atoms with E-state index in [4.69, 9.17) is 9.57 Å². The van der Waals surface area contributed by atoms with Gasteiger partial charge in [0.05, 0.1) is 12.7 Å². The van der Waals surface area contributed by atoms with Crippen LogP contribution >= 0.6 is 11.3 Å². The second-order valence-electron chi connectivity index (χ2n) is 7.05. The van der Waals surface area contributed by atoms with Crippen LogP contribution in [-0.4, -0.2) is 54.8 Å². The van der Waals surface area contributed by atoms with Gasteiger partial charge in [0.2, 0.25) is 5.91 Å². The lowest BCUT2D eigenvalue weighted by Crippen LogP contribution is -2.54. The zero-order valence-corrected chi connectivity index (χ0v) is 14.9. The number of hydrogen-bond acceptors (Lipinski definition) is 5. The van der Waals surface area contributed by atoms with Gasteiger partial charge in [0.25, 0.3) is 0 Å². The van der Waals surface area contributed by atoms with Gasteiger partial charge in [0.15, 0.2) is 0 Å². The maximum atomic E-state index is 13.0. The van der Waals surface area contributed by atoms with E-state index < -0.39 is 0 Å². The molecule has 5 nitrogen and oxygen atoms in total. The van der Waals surface area contributed by atoms with E-state index in [0.717, 1.165) is 51.9 Å². The molecule has 1 amide bonds. The summed E-state index contributed by atoms with van der Waals surface area (Å²) in [6.45, 7) is 5.12. The minimum absolute atomic E-state index is 0.0491. The lowest BCUT2D eigenvalue weighted by molar-refractivity contribution is -0.209. The predicted octanol–water partition coefficient (Wildman–Crippen LogP) is 2.53. The Labute approximate surface area is 147 Å². The van der Waals surface area contributed by atoms with Crippen molar-refractivity contribution in [2.75, 3.05) is 32.8 Å². The van der Waals surface area contributed by atoms with Crippen LogP contribution in [0.1, 0.15) is 30.6 Å². The first kappa shape index (κ1) is 16.5. The average Bonchev–Trinajstić information content (AvgIpc) is 3.14. The lowest BCUT2D eigenvalue weighted by Gasteiger charge is -2.45. The molecule has 3 saturated heterocycles. The van der Waals surface area contributed by atoms with Crippen LogP contribution in [0.15, 0.2) is 17.5 Å². The number of carbonyl (C=O) groups is 1. The topological polar surface area (TPSA) is 42.0 Å². The van der Waals surface area contributed by atoms with Crippen molar-refractivity contribution in [2.24, 2.45) is 11.8 Å². The Morgan fingerprint density at radius 1 is 1.25 bits per heavy atom. The van der Waals surface area contributed by atoms with E-state index >= 15 is 0 Å². The molecule has 0 unspecified atom stereocenters. The predicted molar refractivity (Wildman–Crippen MR) is 92.4 cm³/mol. The van der Waals surface area contributed by atoms with Crippen LogP contribution in [0.3, 0.4) is 0 Å². The Kier molecular flexibility index (Phi) is 5.17. The quantitative estimate of drug-likeness (QED) is 0.840. The highest BCUT2D eigenvalue weighted by atomic mass is 32.1. The largest absolute Gasteiger partial charge is 0.378 e. The van der Waals surface area contributed by atoms with Gasteiger partial charge in [-0.1, -0.05) is 6.07 Å². The van der Waals surface area contributed by atoms with E-state index in [9.17, 15) is 4.79 Å². The van der Waals surface area contributed by atoms with Crippen LogP contribution in [0.2, 0.25) is 0 Å². The smallest absolute Gasteiger partial charge is 0.249 e. The molecular weight excluding hydrogens is 324 g/mol. The molecule has 0 aromatic carbocycles. The van der Waals surface area contributed by atoms with Crippen molar-refractivity contribution < 1.29 is 14.4 Å². The molecule has 3 aliphatic heterocycles. The maximum absolute atomic E-state index is 13.0. The second-order valence-corrected chi connectivity index (χ2v) is 8.08. The first-order chi connectivity index (χ1) is 11.8. The van der Waals surface area contributed by atoms with Crippen molar-refractivity contribution in [3.63, 3.8) is 0 Å². The molecule has 4 heterocycles. The van der Waals surface area contributed by atoms with Crippen molar-refractivity contribution in [1.29, 1.82) is 0 Å². The summed E-state index contributed by atoms with van der Waals surface area (Å²) in [6.07, 6.45) is 4.19. The number of hydrogen-bond donors (Lipinski definition) is 0. The number of rotatable bonds is 3. The van der Waals surface area contributed by atoms with E-state index in [0.29, 0.717) is 19.1 Å². The Balaban J connectivity index is 1.43. The Hall–Kier alpha value is -0.950. The fraction of sp³-hybridized carbons (Fsp3) is 0.722. The van der Waals surface area contributed by atoms with Crippen LogP contribution in [0.4, 0.5) is 0 Å². The minimum atomic E-state index is 0.0491. The first-order valence-electron chi connectivity index (χ1n) is 9.12. The first-order valence-corrected chi connectivity index (χ1v) is 10.00. The van der Waals surface area contributed by atoms with Crippen LogP contribution in [0, 0.1) is 11.8 Å². The number of hydroxylamine groups is 2. The second kappa shape index (κ2) is 7.52. The number of thiophene rings is 1. The molecule has 132 valence electrons. The normalized spacial score (nSPS) is 31.7. The van der Waals surface area contributed by atoms with E-state index in [1.807, 2.05) is 11.3 Å². The molecule has 0 spiro atoms. The standard InChI is InChI=1S/C18H26N2O3S/c21-18(20-7-1-2-9-23-20)15-6-10-22-17-5-8-19(13-16(15)17)12-14-4-3-11-24-14/h3-4,11,15-17H,1-2,5-10,12-13H2/t15-,16+,17-/m1/s1. The SMILES string of the molecule is O=C([C@@H]1CCO[C@@H]2CCN(Cc3cccs3)C[C@H]21)N1CCCCO1. The fourth-order valence-corrected chi connectivity index (χ4v) is 4.96. The molecule has 0 saturated carbocycles. The summed E-state index contributed by atoms with van der Waals surface area (Å²) in [5.74, 6) is 0.532. The molecule has 3 atom stereocenters. The fourth-order valence-electron chi connectivity index (χ4n) is 4.21. The third-order valence-electron chi connectivity index (χ3n) is 5.48. The summed E-state index contributed by atoms with van der Waals surface area (Å²) < 4.78 is 6.00. The Morgan fingerprint density at radius 3 is 3.00 bits per heavy atom. The number of piperidine rings is 1. The molecule has 1 aromatic heterocycles. The monoisotopic (exact) mass is 350 g/mol. The van der Waals surface area contributed by atoms with Crippen molar-refractivity contribution >= 4 is 17.2 Å². The van der Waals surface area contributed by atoms with Gasteiger partial charge in [-0.05, 0) is 37.1 Å². The van der Waals surface area contributed by atoms with Crippen molar-refractivity contribution in [2.45, 2.75) is 38.3 Å². The Morgan fingerprint density at radius 2 is 2.21 bits per heavy atom. The van der Waals surface area contributed by atoms with Crippen LogP contribution in [0.5, 0.6) is 0 Å². The summed E-state index contributed by atoms with van der Waals surface area (Å²) in [5, 5.41) is 3.76. The van der Waals surface area contributed by atoms with E-state index in [1.165, 1.54) is 4.88 Å². The average molecular weight is 350 g/mol. The van der Waals surface area contributed by atoms with Crippen LogP contribution in [0.25, 0.3) is 0 Å². The number of nitrogens with zero attached hydrogens (tertiary/aromatic N) is 2. The number of ether oxygens (including phenoxy) is 1. The number of fused-ring (bicyclic) bond motifs is 1. The van der Waals surface area contributed by atoms with Gasteiger partial charge in [-0.2, -0.15) is 0 Å². The van der Waals surface area contributed by atoms with Gasteiger partial charge < -0.3 is 4.74 Å². The third kappa shape index (κ3) is 3.52. The minimum Gasteiger partial charge on any atom is -0.378 e. The van der Waals surface area contributed by atoms with E-state index in [1.54, 1.807) is 5.06 Å². The highest BCUT2D eigenvalue weighted by molar-refractivity contribution is 7.09. The number of amides is 1. The van der Waals surface area contributed by atoms with Gasteiger partial charge in [0.1, 0.15) is 0 Å². The lowest BCUT2D eigenvalue weighted by atomic mass is 9.79. The van der Waals surface area contributed by atoms with E-state index in [-0.39, 0.29) is 17.9 Å². The van der Waals surface area contributed by atoms with Gasteiger partial charge in [-0.25, -0.2) is 5.06 Å². The van der Waals surface area contributed by atoms with E-state index in [2.05, 4.69) is 22.4 Å². The van der Waals surface area contributed by atoms with Crippen LogP contribution < -0.4 is 0 Å². The van der Waals surface area contributed by atoms with Gasteiger partial charge in [0, 0.05) is 49.5 Å². The summed E-state index contributed by atoms with van der Waals surface area (Å²) in [6, 6.07) is 4.30. The third-order valence-corrected chi connectivity index (χ3v) is 6.34. The molecule has 3 aliphatic rings. The molecular formula is C18H26N2O3S. The summed E-state index contributed by atoms with van der Waals surface area (Å²) >= 11 is 1.81. The zero-order valence-electron chi connectivity index (χ0n) is 14.1. The van der Waals surface area contributed by atoms with Gasteiger partial charge >= 0.3 is 0 Å². The van der Waals surface area contributed by atoms with Crippen LogP contribution in [-0.2, 0) is 20.9 Å². The summed E-state index contributed by atoms with van der Waals surface area (Å²) in [4.78, 5) is 22.5. The summed E-state index contributed by atoms with van der Waals surface area (Å²) in [5.41, 5.74) is 0. The highest BCUT2D eigenvalue weighted by Gasteiger charge is 2.43. The molecule has 4 rings (SSSR count). The molecule has 24 heavy (non-hydrogen) atoms. The molecule has 3 fully saturated rings. The molecule has 0 radical (unpaired) electrons. The zero-order chi connectivity index (χ0) is 16.4. The molecule has 0 aliphatic carbocycles. The van der Waals surface area contributed by atoms with Crippen molar-refractivity contribution in [3.8, 4) is 0 Å². The van der Waals surface area contributed by atoms with Gasteiger partial charge in [-0.3, -0.25) is 14.5 Å². The maximum Gasteiger partial charge on any atom is 0.249 e. The molecule has 1 aromatic rings. The number of likely N-dealkylation sites (tertiary alicyclic amines) is 1. The van der Waals surface area contributed by atoms with Crippen molar-refractivity contribution in [3.05, 3.63) is 22.4 Å². The summed E-state index contributed by atoms with van der Waals surface area (Å²) in [7, 11) is 0. The highest BCUT2D eigenvalue weighted by Crippen LogP contribution is 2.35. The molecule has 0 N–H and O–H groups in total. The molecule has 6 heteroatoms. The molecule has 0 bridgehead atoms. The Bertz CT molecular complexity index is 544. The van der Waals surface area contributed by atoms with Crippen molar-refractivity contribution in [1.82, 2.24) is 9.96 Å².